The topological polar surface area (TPSA) is 9.23 Å². The molecule has 1 nitrogen and oxygen atoms in total. The van der Waals surface area contributed by atoms with E-state index in [1.54, 1.807) is 7.11 Å². The third kappa shape index (κ3) is 3.87. The Labute approximate surface area is 89.9 Å². The number of benzene rings is 1. The highest BCUT2D eigenvalue weighted by Crippen LogP contribution is 2.04. The lowest BCUT2D eigenvalue weighted by Crippen LogP contribution is -1.93. The minimum absolute atomic E-state index is 0.774. The molecule has 2 heteroatoms. The zero-order chi connectivity index (χ0) is 10.2. The van der Waals surface area contributed by atoms with Gasteiger partial charge in [0.05, 0.1) is 6.61 Å². The molecule has 0 aliphatic rings. The second kappa shape index (κ2) is 6.53. The quantitative estimate of drug-likeness (QED) is 0.703. The van der Waals surface area contributed by atoms with Gasteiger partial charge in [-0.15, -0.1) is 0 Å². The van der Waals surface area contributed by atoms with Crippen molar-refractivity contribution in [1.82, 2.24) is 0 Å². The number of hydrogen-bond acceptors (Lipinski definition) is 2. The van der Waals surface area contributed by atoms with Gasteiger partial charge in [-0.3, -0.25) is 0 Å². The van der Waals surface area contributed by atoms with Gasteiger partial charge in [0.15, 0.2) is 0 Å². The Bertz CT molecular complexity index is 318. The van der Waals surface area contributed by atoms with E-state index in [1.165, 1.54) is 17.3 Å². The maximum atomic E-state index is 5.01. The first-order valence-corrected chi connectivity index (χ1v) is 5.71. The van der Waals surface area contributed by atoms with Crippen LogP contribution in [0.2, 0.25) is 0 Å². The molecule has 0 heterocycles. The van der Waals surface area contributed by atoms with E-state index in [2.05, 4.69) is 23.3 Å². The van der Waals surface area contributed by atoms with Crippen LogP contribution in [0.25, 0.3) is 0 Å². The molecule has 0 saturated carbocycles. The van der Waals surface area contributed by atoms with Crippen LogP contribution in [0.15, 0.2) is 24.3 Å². The summed E-state index contributed by atoms with van der Waals surface area (Å²) in [6, 6.07) is 8.30. The highest BCUT2D eigenvalue weighted by molar-refractivity contribution is 8.03. The van der Waals surface area contributed by atoms with Gasteiger partial charge in [0, 0.05) is 12.7 Å². The van der Waals surface area contributed by atoms with Crippen LogP contribution in [-0.4, -0.2) is 20.0 Å². The minimum Gasteiger partial charge on any atom is -0.384 e. The molecule has 0 aliphatic carbocycles. The number of rotatable bonds is 3. The molecule has 0 fully saturated rings. The molecular formula is C12H14OS. The molecule has 0 saturated heterocycles. The Morgan fingerprint density at radius 1 is 1.29 bits per heavy atom. The largest absolute Gasteiger partial charge is 0.384 e. The maximum Gasteiger partial charge on any atom is 0.0502 e. The summed E-state index contributed by atoms with van der Waals surface area (Å²) in [6.07, 6.45) is 2.94. The van der Waals surface area contributed by atoms with Crippen LogP contribution >= 0.6 is 11.8 Å². The van der Waals surface area contributed by atoms with Gasteiger partial charge in [-0.25, -0.2) is 0 Å². The fourth-order valence-electron chi connectivity index (χ4n) is 1.08. The van der Waals surface area contributed by atoms with Gasteiger partial charge in [-0.2, -0.15) is 0 Å². The van der Waals surface area contributed by atoms with Gasteiger partial charge >= 0.3 is 0 Å². The lowest BCUT2D eigenvalue weighted by atomic mass is 10.1. The van der Waals surface area contributed by atoms with Gasteiger partial charge in [0.2, 0.25) is 0 Å². The molecule has 74 valence electrons. The number of methoxy groups -OCH3 is 1. The van der Waals surface area contributed by atoms with Gasteiger partial charge in [-0.05, 0) is 35.6 Å². The molecule has 0 unspecified atom stereocenters. The Kier molecular flexibility index (Phi) is 5.21. The lowest BCUT2D eigenvalue weighted by molar-refractivity contribution is 0.202. The predicted molar refractivity (Wildman–Crippen MR) is 62.4 cm³/mol. The molecule has 1 rings (SSSR count). The molecule has 0 aliphatic heterocycles. The molecule has 0 amide bonds. The zero-order valence-electron chi connectivity index (χ0n) is 8.54. The molecule has 0 spiro atoms. The van der Waals surface area contributed by atoms with Crippen molar-refractivity contribution in [1.29, 1.82) is 0 Å². The van der Waals surface area contributed by atoms with E-state index in [0.29, 0.717) is 0 Å². The van der Waals surface area contributed by atoms with E-state index in [9.17, 15) is 0 Å². The molecule has 0 radical (unpaired) electrons. The first kappa shape index (κ1) is 11.2. The number of ether oxygens (including phenoxy) is 1. The van der Waals surface area contributed by atoms with Crippen LogP contribution in [0.5, 0.6) is 0 Å². The van der Waals surface area contributed by atoms with Crippen molar-refractivity contribution in [2.24, 2.45) is 0 Å². The van der Waals surface area contributed by atoms with Crippen molar-refractivity contribution >= 4 is 11.8 Å². The van der Waals surface area contributed by atoms with Gasteiger partial charge in [-0.1, -0.05) is 29.8 Å². The fourth-order valence-corrected chi connectivity index (χ4v) is 1.30. The Morgan fingerprint density at radius 2 is 2.00 bits per heavy atom. The molecule has 0 bridgehead atoms. The first-order chi connectivity index (χ1) is 6.86. The summed E-state index contributed by atoms with van der Waals surface area (Å²) < 4.78 is 5.01. The second-order valence-corrected chi connectivity index (χ2v) is 3.48. The molecule has 1 aromatic rings. The molecule has 0 N–H and O–H groups in total. The van der Waals surface area contributed by atoms with Crippen molar-refractivity contribution in [3.8, 4) is 11.2 Å². The van der Waals surface area contributed by atoms with Crippen LogP contribution in [0, 0.1) is 11.2 Å². The standard InChI is InChI=1S/C12H14OS/c1-13-9-7-11-3-5-12(6-4-11)8-10-14-2/h3-6H,7,9H2,1-2H3. The molecule has 1 aromatic carbocycles. The van der Waals surface area contributed by atoms with Gasteiger partial charge in [0.25, 0.3) is 0 Å². The van der Waals surface area contributed by atoms with Crippen molar-refractivity contribution in [2.75, 3.05) is 20.0 Å². The van der Waals surface area contributed by atoms with Crippen LogP contribution < -0.4 is 0 Å². The average molecular weight is 206 g/mol. The van der Waals surface area contributed by atoms with Gasteiger partial charge in [0.1, 0.15) is 0 Å². The van der Waals surface area contributed by atoms with Crippen LogP contribution in [0.3, 0.4) is 0 Å². The summed E-state index contributed by atoms with van der Waals surface area (Å²) >= 11 is 1.53. The SMILES string of the molecule is COCCc1ccc(C#CSC)cc1. The third-order valence-electron chi connectivity index (χ3n) is 1.85. The highest BCUT2D eigenvalue weighted by atomic mass is 32.2. The number of thioether (sulfide) groups is 1. The zero-order valence-corrected chi connectivity index (χ0v) is 9.36. The Hall–Kier alpha value is -0.910. The van der Waals surface area contributed by atoms with E-state index in [-0.39, 0.29) is 0 Å². The van der Waals surface area contributed by atoms with E-state index in [0.717, 1.165) is 18.6 Å². The highest BCUT2D eigenvalue weighted by Gasteiger charge is 1.92. The normalized spacial score (nSPS) is 9.29. The average Bonchev–Trinajstić information content (AvgIpc) is 2.25. The summed E-state index contributed by atoms with van der Waals surface area (Å²) in [6.45, 7) is 0.774. The van der Waals surface area contributed by atoms with Crippen LogP contribution in [0.4, 0.5) is 0 Å². The monoisotopic (exact) mass is 206 g/mol. The third-order valence-corrected chi connectivity index (χ3v) is 2.15. The second-order valence-electron chi connectivity index (χ2n) is 2.87. The van der Waals surface area contributed by atoms with Crippen molar-refractivity contribution in [3.05, 3.63) is 35.4 Å². The van der Waals surface area contributed by atoms with Crippen LogP contribution in [0.1, 0.15) is 11.1 Å². The summed E-state index contributed by atoms with van der Waals surface area (Å²) in [4.78, 5) is 0. The molecule has 14 heavy (non-hydrogen) atoms. The minimum atomic E-state index is 0.774. The summed E-state index contributed by atoms with van der Waals surface area (Å²) in [5.41, 5.74) is 2.36. The molecule has 0 atom stereocenters. The number of hydrogen-bond donors (Lipinski definition) is 0. The van der Waals surface area contributed by atoms with Crippen molar-refractivity contribution < 1.29 is 4.74 Å². The molecular weight excluding hydrogens is 192 g/mol. The van der Waals surface area contributed by atoms with Gasteiger partial charge < -0.3 is 4.74 Å². The maximum absolute atomic E-state index is 5.01. The summed E-state index contributed by atoms with van der Waals surface area (Å²) in [5.74, 6) is 3.06. The molecule has 0 aromatic heterocycles. The Morgan fingerprint density at radius 3 is 2.57 bits per heavy atom. The van der Waals surface area contributed by atoms with E-state index in [1.807, 2.05) is 18.4 Å². The fraction of sp³-hybridized carbons (Fsp3) is 0.333. The van der Waals surface area contributed by atoms with Crippen molar-refractivity contribution in [3.63, 3.8) is 0 Å². The van der Waals surface area contributed by atoms with Crippen molar-refractivity contribution in [2.45, 2.75) is 6.42 Å². The lowest BCUT2D eigenvalue weighted by Gasteiger charge is -1.99. The Balaban J connectivity index is 2.59. The van der Waals surface area contributed by atoms with Crippen LogP contribution in [-0.2, 0) is 11.2 Å². The smallest absolute Gasteiger partial charge is 0.0502 e. The predicted octanol–water partition coefficient (Wildman–Crippen LogP) is 2.55. The van der Waals surface area contributed by atoms with E-state index < -0.39 is 0 Å². The summed E-state index contributed by atoms with van der Waals surface area (Å²) in [5, 5.41) is 2.97. The van der Waals surface area contributed by atoms with E-state index >= 15 is 0 Å². The first-order valence-electron chi connectivity index (χ1n) is 4.48. The summed E-state index contributed by atoms with van der Waals surface area (Å²) in [7, 11) is 1.72. The van der Waals surface area contributed by atoms with E-state index in [4.69, 9.17) is 4.74 Å².